The molecular weight excluding hydrogens is 395 g/mol. The zero-order chi connectivity index (χ0) is 22.0. The van der Waals surface area contributed by atoms with Crippen LogP contribution >= 0.6 is 0 Å². The molecule has 0 amide bonds. The molecule has 7 heteroatoms. The van der Waals surface area contributed by atoms with Crippen LogP contribution in [-0.2, 0) is 6.42 Å². The molecule has 31 heavy (non-hydrogen) atoms. The molecule has 1 heterocycles. The van der Waals surface area contributed by atoms with Gasteiger partial charge in [-0.1, -0.05) is 13.8 Å². The summed E-state index contributed by atoms with van der Waals surface area (Å²) >= 11 is 0. The lowest BCUT2D eigenvalue weighted by molar-refractivity contribution is 0.0911. The second kappa shape index (κ2) is 8.34. The number of ketones is 1. The van der Waals surface area contributed by atoms with Crippen LogP contribution in [0.1, 0.15) is 43.2 Å². The van der Waals surface area contributed by atoms with Gasteiger partial charge in [-0.3, -0.25) is 4.79 Å². The van der Waals surface area contributed by atoms with E-state index in [1.165, 1.54) is 12.1 Å². The van der Waals surface area contributed by atoms with Crippen molar-refractivity contribution in [2.45, 2.75) is 33.6 Å². The molecule has 4 rings (SSSR count). The summed E-state index contributed by atoms with van der Waals surface area (Å²) in [5, 5.41) is 6.38. The fourth-order valence-corrected chi connectivity index (χ4v) is 3.71. The molecule has 0 radical (unpaired) electrons. The lowest BCUT2D eigenvalue weighted by Crippen LogP contribution is -2.29. The quantitative estimate of drug-likeness (QED) is 0.536. The minimum atomic E-state index is -0.328. The minimum Gasteiger partial charge on any atom is -0.494 e. The first kappa shape index (κ1) is 20.8. The van der Waals surface area contributed by atoms with Gasteiger partial charge in [-0.15, -0.1) is 0 Å². The van der Waals surface area contributed by atoms with Gasteiger partial charge in [-0.05, 0) is 67.3 Å². The molecule has 1 aliphatic rings. The van der Waals surface area contributed by atoms with Crippen LogP contribution in [0.25, 0.3) is 0 Å². The van der Waals surface area contributed by atoms with Gasteiger partial charge in [0.2, 0.25) is 5.95 Å². The van der Waals surface area contributed by atoms with Crippen molar-refractivity contribution < 1.29 is 13.9 Å². The average Bonchev–Trinajstić information content (AvgIpc) is 2.70. The van der Waals surface area contributed by atoms with Gasteiger partial charge in [-0.25, -0.2) is 9.37 Å². The highest BCUT2D eigenvalue weighted by Crippen LogP contribution is 2.37. The molecule has 0 saturated heterocycles. The molecule has 0 saturated carbocycles. The van der Waals surface area contributed by atoms with Crippen molar-refractivity contribution in [3.05, 3.63) is 65.6 Å². The molecule has 0 fully saturated rings. The Bertz CT molecular complexity index is 1100. The molecule has 1 aromatic heterocycles. The summed E-state index contributed by atoms with van der Waals surface area (Å²) in [5.41, 5.74) is 2.47. The van der Waals surface area contributed by atoms with E-state index in [2.05, 4.69) is 34.4 Å². The number of nitrogens with zero attached hydrogens (tertiary/aromatic N) is 2. The Morgan fingerprint density at radius 1 is 0.968 bits per heavy atom. The van der Waals surface area contributed by atoms with Gasteiger partial charge < -0.3 is 15.4 Å². The van der Waals surface area contributed by atoms with Crippen LogP contribution in [0.4, 0.5) is 27.5 Å². The number of rotatable bonds is 6. The van der Waals surface area contributed by atoms with Gasteiger partial charge in [-0.2, -0.15) is 4.98 Å². The normalized spacial score (nSPS) is 14.6. The molecule has 0 bridgehead atoms. The molecular formula is C24H25FN4O2. The number of aromatic nitrogens is 2. The topological polar surface area (TPSA) is 76.1 Å². The lowest BCUT2D eigenvalue weighted by atomic mass is 9.75. The van der Waals surface area contributed by atoms with Crippen LogP contribution in [0.5, 0.6) is 5.75 Å². The van der Waals surface area contributed by atoms with E-state index in [1.807, 2.05) is 31.2 Å². The summed E-state index contributed by atoms with van der Waals surface area (Å²) in [6, 6.07) is 13.5. The van der Waals surface area contributed by atoms with E-state index < -0.39 is 0 Å². The highest BCUT2D eigenvalue weighted by Gasteiger charge is 2.35. The Morgan fingerprint density at radius 2 is 1.61 bits per heavy atom. The molecule has 0 aliphatic heterocycles. The number of halogens is 1. The van der Waals surface area contributed by atoms with E-state index in [0.29, 0.717) is 48.2 Å². The van der Waals surface area contributed by atoms with Crippen LogP contribution in [-0.4, -0.2) is 22.4 Å². The maximum absolute atomic E-state index is 13.3. The van der Waals surface area contributed by atoms with Crippen LogP contribution in [0.2, 0.25) is 0 Å². The van der Waals surface area contributed by atoms with E-state index in [-0.39, 0.29) is 17.0 Å². The van der Waals surface area contributed by atoms with Crippen molar-refractivity contribution in [2.75, 3.05) is 17.2 Å². The predicted molar refractivity (Wildman–Crippen MR) is 119 cm³/mol. The Balaban J connectivity index is 1.70. The van der Waals surface area contributed by atoms with Crippen molar-refractivity contribution >= 4 is 28.9 Å². The van der Waals surface area contributed by atoms with Crippen molar-refractivity contribution in [1.82, 2.24) is 9.97 Å². The van der Waals surface area contributed by atoms with Gasteiger partial charge in [0, 0.05) is 17.8 Å². The van der Waals surface area contributed by atoms with Crippen molar-refractivity contribution in [3.8, 4) is 5.75 Å². The highest BCUT2D eigenvalue weighted by molar-refractivity contribution is 6.03. The number of hydrogen-bond acceptors (Lipinski definition) is 6. The zero-order valence-corrected chi connectivity index (χ0v) is 17.8. The van der Waals surface area contributed by atoms with Crippen LogP contribution in [0.15, 0.2) is 48.5 Å². The van der Waals surface area contributed by atoms with Crippen LogP contribution < -0.4 is 15.4 Å². The van der Waals surface area contributed by atoms with E-state index >= 15 is 0 Å². The van der Waals surface area contributed by atoms with Crippen LogP contribution in [0.3, 0.4) is 0 Å². The molecule has 2 N–H and O–H groups in total. The molecule has 3 aromatic rings. The number of carbonyl (C=O) groups excluding carboxylic acids is 1. The number of carbonyl (C=O) groups is 1. The molecule has 0 atom stereocenters. The number of benzene rings is 2. The molecule has 2 aromatic carbocycles. The molecule has 0 unspecified atom stereocenters. The fourth-order valence-electron chi connectivity index (χ4n) is 3.71. The predicted octanol–water partition coefficient (Wildman–Crippen LogP) is 5.66. The van der Waals surface area contributed by atoms with Gasteiger partial charge >= 0.3 is 0 Å². The first-order valence-electron chi connectivity index (χ1n) is 10.3. The summed E-state index contributed by atoms with van der Waals surface area (Å²) < 4.78 is 18.8. The number of hydrogen-bond donors (Lipinski definition) is 2. The maximum Gasteiger partial charge on any atom is 0.229 e. The van der Waals surface area contributed by atoms with E-state index in [9.17, 15) is 9.18 Å². The summed E-state index contributed by atoms with van der Waals surface area (Å²) in [4.78, 5) is 22.2. The Kier molecular flexibility index (Phi) is 5.59. The van der Waals surface area contributed by atoms with E-state index in [4.69, 9.17) is 4.74 Å². The minimum absolute atomic E-state index is 0.00322. The van der Waals surface area contributed by atoms with Gasteiger partial charge in [0.05, 0.1) is 17.9 Å². The fraction of sp³-hybridized carbons (Fsp3) is 0.292. The maximum atomic E-state index is 13.3. The third-order valence-electron chi connectivity index (χ3n) is 5.08. The number of nitrogens with one attached hydrogen (secondary N) is 2. The van der Waals surface area contributed by atoms with Gasteiger partial charge in [0.25, 0.3) is 0 Å². The van der Waals surface area contributed by atoms with Crippen molar-refractivity contribution in [1.29, 1.82) is 0 Å². The van der Waals surface area contributed by atoms with E-state index in [1.54, 1.807) is 12.1 Å². The summed E-state index contributed by atoms with van der Waals surface area (Å²) in [7, 11) is 0. The largest absolute Gasteiger partial charge is 0.494 e. The molecule has 6 nitrogen and oxygen atoms in total. The van der Waals surface area contributed by atoms with Crippen LogP contribution in [0, 0.1) is 11.2 Å². The van der Waals surface area contributed by atoms with Gasteiger partial charge in [0.15, 0.2) is 5.78 Å². The molecule has 1 aliphatic carbocycles. The second-order valence-electron chi connectivity index (χ2n) is 8.37. The second-order valence-corrected chi connectivity index (χ2v) is 8.37. The smallest absolute Gasteiger partial charge is 0.229 e. The summed E-state index contributed by atoms with van der Waals surface area (Å²) in [6.45, 7) is 6.65. The Hall–Kier alpha value is -3.48. The average molecular weight is 420 g/mol. The summed E-state index contributed by atoms with van der Waals surface area (Å²) in [6.07, 6.45) is 1.08. The van der Waals surface area contributed by atoms with Crippen molar-refractivity contribution in [3.63, 3.8) is 0 Å². The number of ether oxygens (including phenoxy) is 1. The Morgan fingerprint density at radius 3 is 2.29 bits per heavy atom. The molecule has 0 spiro atoms. The Labute approximate surface area is 180 Å². The number of anilines is 4. The number of Topliss-reactive ketones (excluding diaryl/α,β-unsaturated/α-hetero) is 1. The number of fused-ring (bicyclic) bond motifs is 1. The SMILES string of the molecule is CCOc1ccc(Nc2nc3c(c(Nc4ccc(F)cc4)n2)C(=O)CC(C)(C)C3)cc1. The third kappa shape index (κ3) is 4.82. The van der Waals surface area contributed by atoms with E-state index in [0.717, 1.165) is 11.4 Å². The third-order valence-corrected chi connectivity index (χ3v) is 5.08. The highest BCUT2D eigenvalue weighted by atomic mass is 19.1. The monoisotopic (exact) mass is 420 g/mol. The summed E-state index contributed by atoms with van der Waals surface area (Å²) in [5.74, 6) is 1.27. The van der Waals surface area contributed by atoms with Gasteiger partial charge in [0.1, 0.15) is 17.4 Å². The zero-order valence-electron chi connectivity index (χ0n) is 17.8. The standard InChI is InChI=1S/C24H25FN4O2/c1-4-31-18-11-9-17(10-12-18)27-23-28-19-13-24(2,3)14-20(30)21(19)22(29-23)26-16-7-5-15(25)6-8-16/h5-12H,4,13-14H2,1-3H3,(H2,26,27,28,29). The molecule has 160 valence electrons. The lowest BCUT2D eigenvalue weighted by Gasteiger charge is -2.30. The van der Waals surface area contributed by atoms with Crippen molar-refractivity contribution in [2.24, 2.45) is 5.41 Å². The first-order valence-corrected chi connectivity index (χ1v) is 10.3. The first-order chi connectivity index (χ1) is 14.8.